The van der Waals surface area contributed by atoms with Crippen LogP contribution in [0.1, 0.15) is 33.6 Å². The Kier molecular flexibility index (Phi) is 4.83. The first-order valence-electron chi connectivity index (χ1n) is 4.29. The van der Waals surface area contributed by atoms with Gasteiger partial charge in [-0.1, -0.05) is 13.3 Å². The summed E-state index contributed by atoms with van der Waals surface area (Å²) >= 11 is 0. The van der Waals surface area contributed by atoms with E-state index in [2.05, 4.69) is 6.92 Å². The normalized spacial score (nSPS) is 16.3. The average molecular weight is 170 g/mol. The van der Waals surface area contributed by atoms with Crippen LogP contribution in [-0.2, 0) is 9.53 Å². The number of hydrogen-bond donors (Lipinski definition) is 0. The number of allylic oxidation sites excluding steroid dienone is 1. The number of methoxy groups -OCH3 is 1. The second-order valence-corrected chi connectivity index (χ2v) is 3.21. The van der Waals surface area contributed by atoms with Gasteiger partial charge in [0.1, 0.15) is 0 Å². The molecule has 0 aromatic rings. The lowest BCUT2D eigenvalue weighted by Gasteiger charge is -2.23. The number of ether oxygens (including phenoxy) is 1. The molecule has 0 saturated carbocycles. The molecule has 0 heterocycles. The number of hydrogen-bond acceptors (Lipinski definition) is 2. The molecule has 0 saturated heterocycles. The molecule has 0 rings (SSSR count). The van der Waals surface area contributed by atoms with Gasteiger partial charge in [0.15, 0.2) is 5.78 Å². The molecule has 1 unspecified atom stereocenters. The molecule has 12 heavy (non-hydrogen) atoms. The van der Waals surface area contributed by atoms with Crippen molar-refractivity contribution < 1.29 is 9.53 Å². The third kappa shape index (κ3) is 4.29. The molecule has 0 aromatic heterocycles. The van der Waals surface area contributed by atoms with E-state index in [1.165, 1.54) is 0 Å². The Morgan fingerprint density at radius 3 is 2.50 bits per heavy atom. The quantitative estimate of drug-likeness (QED) is 0.592. The van der Waals surface area contributed by atoms with E-state index in [0.717, 1.165) is 12.8 Å². The first-order chi connectivity index (χ1) is 5.54. The lowest BCUT2D eigenvalue weighted by Crippen LogP contribution is -2.24. The number of carbonyl (C=O) groups excluding carboxylic acids is 1. The fourth-order valence-electron chi connectivity index (χ4n) is 1.04. The molecular formula is C10H18O2. The zero-order valence-electron chi connectivity index (χ0n) is 8.39. The van der Waals surface area contributed by atoms with Crippen LogP contribution in [0.5, 0.6) is 0 Å². The van der Waals surface area contributed by atoms with Crippen molar-refractivity contribution >= 4 is 5.78 Å². The molecule has 0 fully saturated rings. The van der Waals surface area contributed by atoms with Crippen molar-refractivity contribution in [2.45, 2.75) is 39.2 Å². The molecule has 2 heteroatoms. The average Bonchev–Trinajstić information content (AvgIpc) is 2.02. The van der Waals surface area contributed by atoms with Crippen molar-refractivity contribution in [1.29, 1.82) is 0 Å². The Bertz CT molecular complexity index is 173. The van der Waals surface area contributed by atoms with Crippen molar-refractivity contribution in [3.63, 3.8) is 0 Å². The maximum atomic E-state index is 10.7. The van der Waals surface area contributed by atoms with E-state index in [9.17, 15) is 4.79 Å². The summed E-state index contributed by atoms with van der Waals surface area (Å²) in [5, 5.41) is 0. The molecule has 0 aliphatic rings. The summed E-state index contributed by atoms with van der Waals surface area (Å²) in [5.41, 5.74) is -0.277. The summed E-state index contributed by atoms with van der Waals surface area (Å²) < 4.78 is 5.29. The molecule has 0 spiro atoms. The van der Waals surface area contributed by atoms with Crippen LogP contribution in [0.3, 0.4) is 0 Å². The predicted molar refractivity (Wildman–Crippen MR) is 50.1 cm³/mol. The Hall–Kier alpha value is -0.630. The van der Waals surface area contributed by atoms with Gasteiger partial charge < -0.3 is 4.74 Å². The second-order valence-electron chi connectivity index (χ2n) is 3.21. The van der Waals surface area contributed by atoms with Gasteiger partial charge >= 0.3 is 0 Å². The lowest BCUT2D eigenvalue weighted by molar-refractivity contribution is -0.112. The number of rotatable bonds is 5. The van der Waals surface area contributed by atoms with Crippen molar-refractivity contribution in [2.75, 3.05) is 7.11 Å². The third-order valence-electron chi connectivity index (χ3n) is 1.88. The minimum absolute atomic E-state index is 0.0642. The highest BCUT2D eigenvalue weighted by Crippen LogP contribution is 2.17. The van der Waals surface area contributed by atoms with Gasteiger partial charge in [0.05, 0.1) is 5.60 Å². The van der Waals surface area contributed by atoms with E-state index in [4.69, 9.17) is 4.74 Å². The van der Waals surface area contributed by atoms with Gasteiger partial charge in [-0.2, -0.15) is 0 Å². The van der Waals surface area contributed by atoms with Crippen LogP contribution >= 0.6 is 0 Å². The first kappa shape index (κ1) is 11.4. The molecule has 1 atom stereocenters. The summed E-state index contributed by atoms with van der Waals surface area (Å²) in [6, 6.07) is 0. The van der Waals surface area contributed by atoms with Crippen LogP contribution in [0.4, 0.5) is 0 Å². The zero-order chi connectivity index (χ0) is 9.61. The molecule has 70 valence electrons. The van der Waals surface area contributed by atoms with Crippen molar-refractivity contribution in [3.8, 4) is 0 Å². The minimum Gasteiger partial charge on any atom is -0.374 e. The molecular weight excluding hydrogens is 152 g/mol. The summed E-state index contributed by atoms with van der Waals surface area (Å²) in [6.45, 7) is 5.62. The van der Waals surface area contributed by atoms with E-state index < -0.39 is 0 Å². The summed E-state index contributed by atoms with van der Waals surface area (Å²) in [7, 11) is 1.67. The van der Waals surface area contributed by atoms with Gasteiger partial charge in [-0.05, 0) is 32.4 Å². The SMILES string of the molecule is CCCC(C)(/C=C/C(C)=O)OC. The lowest BCUT2D eigenvalue weighted by atomic mass is 9.99. The molecule has 0 aliphatic carbocycles. The molecule has 0 radical (unpaired) electrons. The van der Waals surface area contributed by atoms with E-state index in [1.54, 1.807) is 20.1 Å². The van der Waals surface area contributed by atoms with Crippen LogP contribution in [0, 0.1) is 0 Å². The van der Waals surface area contributed by atoms with Gasteiger partial charge in [-0.25, -0.2) is 0 Å². The molecule has 0 N–H and O–H groups in total. The largest absolute Gasteiger partial charge is 0.374 e. The predicted octanol–water partition coefficient (Wildman–Crippen LogP) is 2.34. The standard InChI is InChI=1S/C10H18O2/c1-5-7-10(3,12-4)8-6-9(2)11/h6,8H,5,7H2,1-4H3/b8-6+. The maximum Gasteiger partial charge on any atom is 0.152 e. The van der Waals surface area contributed by atoms with Crippen molar-refractivity contribution in [2.24, 2.45) is 0 Å². The smallest absolute Gasteiger partial charge is 0.152 e. The van der Waals surface area contributed by atoms with Crippen LogP contribution < -0.4 is 0 Å². The van der Waals surface area contributed by atoms with Crippen molar-refractivity contribution in [1.82, 2.24) is 0 Å². The topological polar surface area (TPSA) is 26.3 Å². The number of carbonyl (C=O) groups is 1. The summed E-state index contributed by atoms with van der Waals surface area (Å²) in [5.74, 6) is 0.0642. The third-order valence-corrected chi connectivity index (χ3v) is 1.88. The highest BCUT2D eigenvalue weighted by Gasteiger charge is 2.17. The Balaban J connectivity index is 4.22. The summed E-state index contributed by atoms with van der Waals surface area (Å²) in [6.07, 6.45) is 5.39. The van der Waals surface area contributed by atoms with Gasteiger partial charge in [-0.15, -0.1) is 0 Å². The fourth-order valence-corrected chi connectivity index (χ4v) is 1.04. The molecule has 0 aromatic carbocycles. The minimum atomic E-state index is -0.277. The molecule has 0 amide bonds. The van der Waals surface area contributed by atoms with Crippen LogP contribution in [0.15, 0.2) is 12.2 Å². The van der Waals surface area contributed by atoms with Crippen LogP contribution in [0.2, 0.25) is 0 Å². The molecule has 0 bridgehead atoms. The highest BCUT2D eigenvalue weighted by molar-refractivity contribution is 5.87. The van der Waals surface area contributed by atoms with Crippen LogP contribution in [-0.4, -0.2) is 18.5 Å². The molecule has 0 aliphatic heterocycles. The van der Waals surface area contributed by atoms with E-state index in [1.807, 2.05) is 13.0 Å². The van der Waals surface area contributed by atoms with Gasteiger partial charge in [0.25, 0.3) is 0 Å². The van der Waals surface area contributed by atoms with Crippen LogP contribution in [0.25, 0.3) is 0 Å². The zero-order valence-corrected chi connectivity index (χ0v) is 8.39. The van der Waals surface area contributed by atoms with Gasteiger partial charge in [-0.3, -0.25) is 4.79 Å². The Labute approximate surface area is 74.6 Å². The second kappa shape index (κ2) is 5.09. The molecule has 2 nitrogen and oxygen atoms in total. The monoisotopic (exact) mass is 170 g/mol. The van der Waals surface area contributed by atoms with Gasteiger partial charge in [0, 0.05) is 7.11 Å². The summed E-state index contributed by atoms with van der Waals surface area (Å²) in [4.78, 5) is 10.7. The van der Waals surface area contributed by atoms with E-state index >= 15 is 0 Å². The highest BCUT2D eigenvalue weighted by atomic mass is 16.5. The van der Waals surface area contributed by atoms with E-state index in [0.29, 0.717) is 0 Å². The van der Waals surface area contributed by atoms with Crippen molar-refractivity contribution in [3.05, 3.63) is 12.2 Å². The number of ketones is 1. The Morgan fingerprint density at radius 2 is 2.17 bits per heavy atom. The Morgan fingerprint density at radius 1 is 1.58 bits per heavy atom. The first-order valence-corrected chi connectivity index (χ1v) is 4.29. The maximum absolute atomic E-state index is 10.7. The fraction of sp³-hybridized carbons (Fsp3) is 0.700. The van der Waals surface area contributed by atoms with Gasteiger partial charge in [0.2, 0.25) is 0 Å². The van der Waals surface area contributed by atoms with E-state index in [-0.39, 0.29) is 11.4 Å².